The van der Waals surface area contributed by atoms with E-state index >= 15 is 0 Å². The monoisotopic (exact) mass is 326 g/mol. The van der Waals surface area contributed by atoms with Crippen molar-refractivity contribution in [2.75, 3.05) is 6.54 Å². The van der Waals surface area contributed by atoms with Gasteiger partial charge in [0, 0.05) is 18.0 Å². The fraction of sp³-hybridized carbons (Fsp3) is 0.533. The van der Waals surface area contributed by atoms with Crippen molar-refractivity contribution < 1.29 is 14.8 Å². The van der Waals surface area contributed by atoms with Gasteiger partial charge in [-0.15, -0.1) is 0 Å². The quantitative estimate of drug-likeness (QED) is 0.657. The maximum absolute atomic E-state index is 12.3. The van der Waals surface area contributed by atoms with Crippen LogP contribution in [0.5, 0.6) is 0 Å². The van der Waals surface area contributed by atoms with Crippen molar-refractivity contribution in [2.45, 2.75) is 38.7 Å². The highest BCUT2D eigenvalue weighted by molar-refractivity contribution is 6.34. The van der Waals surface area contributed by atoms with Crippen LogP contribution in [0.4, 0.5) is 5.69 Å². The number of nitro groups is 1. The summed E-state index contributed by atoms with van der Waals surface area (Å²) in [5, 5.41) is 23.9. The third-order valence-corrected chi connectivity index (χ3v) is 4.66. The number of halogens is 1. The van der Waals surface area contributed by atoms with Gasteiger partial charge < -0.3 is 10.4 Å². The molecule has 1 aromatic carbocycles. The number of carbonyl (C=O) groups excluding carboxylic acids is 1. The molecule has 0 saturated heterocycles. The van der Waals surface area contributed by atoms with Crippen LogP contribution in [0.1, 0.15) is 43.0 Å². The molecular weight excluding hydrogens is 308 g/mol. The minimum Gasteiger partial charge on any atom is -0.392 e. The lowest BCUT2D eigenvalue weighted by Crippen LogP contribution is -2.45. The molecule has 1 saturated carbocycles. The molecule has 22 heavy (non-hydrogen) atoms. The Morgan fingerprint density at radius 1 is 1.55 bits per heavy atom. The van der Waals surface area contributed by atoms with Crippen molar-refractivity contribution in [3.05, 3.63) is 38.9 Å². The Balaban J connectivity index is 2.15. The second-order valence-corrected chi connectivity index (χ2v) is 6.40. The molecule has 1 aromatic rings. The first-order valence-electron chi connectivity index (χ1n) is 7.24. The van der Waals surface area contributed by atoms with Crippen LogP contribution in [-0.2, 0) is 0 Å². The molecule has 6 nitrogen and oxygen atoms in total. The van der Waals surface area contributed by atoms with Gasteiger partial charge in [-0.1, -0.05) is 37.4 Å². The normalized spacial score (nSPS) is 24.8. The number of amides is 1. The zero-order valence-electron chi connectivity index (χ0n) is 12.3. The molecule has 2 unspecified atom stereocenters. The van der Waals surface area contributed by atoms with Gasteiger partial charge in [0.05, 0.1) is 16.0 Å². The van der Waals surface area contributed by atoms with E-state index in [0.29, 0.717) is 6.42 Å². The van der Waals surface area contributed by atoms with Gasteiger partial charge in [0.1, 0.15) is 5.56 Å². The summed E-state index contributed by atoms with van der Waals surface area (Å²) in [5.41, 5.74) is -0.869. The summed E-state index contributed by atoms with van der Waals surface area (Å²) in [5.74, 6) is -0.587. The Bertz CT molecular complexity index is 593. The number of rotatable bonds is 4. The molecule has 0 heterocycles. The number of hydrogen-bond acceptors (Lipinski definition) is 4. The molecule has 1 amide bonds. The summed E-state index contributed by atoms with van der Waals surface area (Å²) < 4.78 is 0. The summed E-state index contributed by atoms with van der Waals surface area (Å²) in [6.45, 7) is 2.17. The van der Waals surface area contributed by atoms with E-state index < -0.39 is 22.3 Å². The molecule has 120 valence electrons. The van der Waals surface area contributed by atoms with Crippen molar-refractivity contribution in [1.29, 1.82) is 0 Å². The average molecular weight is 327 g/mol. The minimum atomic E-state index is -0.627. The summed E-state index contributed by atoms with van der Waals surface area (Å²) in [6, 6.07) is 4.13. The lowest BCUT2D eigenvalue weighted by molar-refractivity contribution is -0.385. The molecule has 0 aromatic heterocycles. The largest absolute Gasteiger partial charge is 0.392 e. The Hall–Kier alpha value is -1.66. The predicted octanol–water partition coefficient (Wildman–Crippen LogP) is 2.92. The third-order valence-electron chi connectivity index (χ3n) is 4.35. The van der Waals surface area contributed by atoms with Crippen LogP contribution >= 0.6 is 11.6 Å². The van der Waals surface area contributed by atoms with Gasteiger partial charge in [-0.2, -0.15) is 0 Å². The Morgan fingerprint density at radius 3 is 2.91 bits per heavy atom. The van der Waals surface area contributed by atoms with Crippen molar-refractivity contribution in [2.24, 2.45) is 5.41 Å². The number of aliphatic hydroxyl groups excluding tert-OH is 1. The van der Waals surface area contributed by atoms with Crippen LogP contribution in [0, 0.1) is 15.5 Å². The summed E-state index contributed by atoms with van der Waals surface area (Å²) in [4.78, 5) is 22.7. The number of aliphatic hydroxyl groups is 1. The van der Waals surface area contributed by atoms with Gasteiger partial charge in [0.2, 0.25) is 0 Å². The van der Waals surface area contributed by atoms with Crippen LogP contribution < -0.4 is 5.32 Å². The third kappa shape index (κ3) is 3.39. The highest BCUT2D eigenvalue weighted by atomic mass is 35.5. The van der Waals surface area contributed by atoms with Crippen LogP contribution in [0.15, 0.2) is 18.2 Å². The van der Waals surface area contributed by atoms with Crippen molar-refractivity contribution in [3.8, 4) is 0 Å². The van der Waals surface area contributed by atoms with Gasteiger partial charge in [0.25, 0.3) is 11.6 Å². The second-order valence-electron chi connectivity index (χ2n) is 5.99. The number of nitro benzene ring substituents is 1. The fourth-order valence-electron chi connectivity index (χ4n) is 2.85. The molecule has 2 N–H and O–H groups in total. The first kappa shape index (κ1) is 16.7. The summed E-state index contributed by atoms with van der Waals surface area (Å²) in [7, 11) is 0. The number of nitrogens with one attached hydrogen (secondary N) is 1. The number of hydrogen-bond donors (Lipinski definition) is 2. The smallest absolute Gasteiger partial charge is 0.283 e. The summed E-state index contributed by atoms with van der Waals surface area (Å²) in [6.07, 6.45) is 3.00. The second kappa shape index (κ2) is 6.62. The first-order valence-corrected chi connectivity index (χ1v) is 7.62. The van der Waals surface area contributed by atoms with Crippen molar-refractivity contribution in [1.82, 2.24) is 5.32 Å². The van der Waals surface area contributed by atoms with Gasteiger partial charge in [-0.3, -0.25) is 14.9 Å². The van der Waals surface area contributed by atoms with E-state index in [2.05, 4.69) is 5.32 Å². The molecule has 2 atom stereocenters. The fourth-order valence-corrected chi connectivity index (χ4v) is 3.10. The van der Waals surface area contributed by atoms with Gasteiger partial charge >= 0.3 is 0 Å². The maximum Gasteiger partial charge on any atom is 0.283 e. The van der Waals surface area contributed by atoms with E-state index in [1.165, 1.54) is 18.2 Å². The van der Waals surface area contributed by atoms with Crippen LogP contribution in [0.2, 0.25) is 5.02 Å². The van der Waals surface area contributed by atoms with Gasteiger partial charge in [-0.05, 0) is 18.9 Å². The molecule has 1 aliphatic rings. The molecule has 1 aliphatic carbocycles. The zero-order chi connectivity index (χ0) is 16.3. The maximum atomic E-state index is 12.3. The highest BCUT2D eigenvalue weighted by Crippen LogP contribution is 2.35. The van der Waals surface area contributed by atoms with Gasteiger partial charge in [0.15, 0.2) is 0 Å². The molecule has 1 fully saturated rings. The standard InChI is InChI=1S/C15H19ClN2O4/c1-15(8-3-2-7-12(15)19)9-17-14(20)13-10(16)5-4-6-11(13)18(21)22/h4-6,12,19H,2-3,7-9H2,1H3,(H,17,20). The number of carbonyl (C=O) groups is 1. The lowest BCUT2D eigenvalue weighted by Gasteiger charge is -2.38. The number of nitrogens with zero attached hydrogens (tertiary/aromatic N) is 1. The summed E-state index contributed by atoms with van der Waals surface area (Å²) >= 11 is 5.94. The van der Waals surface area contributed by atoms with E-state index in [4.69, 9.17) is 11.6 Å². The van der Waals surface area contributed by atoms with Crippen molar-refractivity contribution >= 4 is 23.2 Å². The average Bonchev–Trinajstić information content (AvgIpc) is 2.48. The first-order chi connectivity index (χ1) is 10.3. The van der Waals surface area contributed by atoms with E-state index in [-0.39, 0.29) is 22.8 Å². The Morgan fingerprint density at radius 2 is 2.27 bits per heavy atom. The highest BCUT2D eigenvalue weighted by Gasteiger charge is 2.36. The topological polar surface area (TPSA) is 92.5 Å². The van der Waals surface area contributed by atoms with E-state index in [1.54, 1.807) is 0 Å². The zero-order valence-corrected chi connectivity index (χ0v) is 13.1. The predicted molar refractivity (Wildman–Crippen MR) is 83.0 cm³/mol. The molecular formula is C15H19ClN2O4. The van der Waals surface area contributed by atoms with E-state index in [0.717, 1.165) is 19.3 Å². The lowest BCUT2D eigenvalue weighted by atomic mass is 9.73. The number of benzene rings is 1. The Kier molecular flexibility index (Phi) is 5.03. The van der Waals surface area contributed by atoms with Gasteiger partial charge in [-0.25, -0.2) is 0 Å². The molecule has 0 radical (unpaired) electrons. The minimum absolute atomic E-state index is 0.0426. The van der Waals surface area contributed by atoms with E-state index in [9.17, 15) is 20.0 Å². The Labute approximate surface area is 133 Å². The SMILES string of the molecule is CC1(CNC(=O)c2c(Cl)cccc2[N+](=O)[O-])CCCCC1O. The molecule has 2 rings (SSSR count). The molecule has 7 heteroatoms. The molecule has 0 spiro atoms. The van der Waals surface area contributed by atoms with Crippen LogP contribution in [0.3, 0.4) is 0 Å². The van der Waals surface area contributed by atoms with Crippen LogP contribution in [-0.4, -0.2) is 28.6 Å². The van der Waals surface area contributed by atoms with E-state index in [1.807, 2.05) is 6.92 Å². The molecule has 0 aliphatic heterocycles. The van der Waals surface area contributed by atoms with Crippen LogP contribution in [0.25, 0.3) is 0 Å². The molecule has 0 bridgehead atoms. The van der Waals surface area contributed by atoms with Crippen molar-refractivity contribution in [3.63, 3.8) is 0 Å².